The van der Waals surface area contributed by atoms with Crippen molar-refractivity contribution in [2.24, 2.45) is 0 Å². The van der Waals surface area contributed by atoms with Crippen molar-refractivity contribution in [3.8, 4) is 17.1 Å². The number of imidazole rings is 1. The first-order valence-corrected chi connectivity index (χ1v) is 13.9. The average molecular weight is 597 g/mol. The summed E-state index contributed by atoms with van der Waals surface area (Å²) in [5.41, 5.74) is 2.07. The minimum absolute atomic E-state index is 0.00749. The predicted molar refractivity (Wildman–Crippen MR) is 149 cm³/mol. The molecule has 0 aliphatic carbocycles. The highest BCUT2D eigenvalue weighted by Gasteiger charge is 2.24. The van der Waals surface area contributed by atoms with Gasteiger partial charge in [0.05, 0.1) is 48.2 Å². The van der Waals surface area contributed by atoms with Gasteiger partial charge in [-0.1, -0.05) is 17.7 Å². The van der Waals surface area contributed by atoms with Crippen LogP contribution in [-0.2, 0) is 29.0 Å². The minimum atomic E-state index is -0.629. The number of fused-ring (bicyclic) bond motifs is 1. The lowest BCUT2D eigenvalue weighted by Gasteiger charge is -2.27. The zero-order chi connectivity index (χ0) is 28.5. The Morgan fingerprint density at radius 2 is 2.02 bits per heavy atom. The fourth-order valence-corrected chi connectivity index (χ4v) is 5.48. The van der Waals surface area contributed by atoms with Crippen molar-refractivity contribution in [2.75, 3.05) is 13.7 Å². The van der Waals surface area contributed by atoms with E-state index in [-0.39, 0.29) is 41.8 Å². The van der Waals surface area contributed by atoms with Crippen molar-refractivity contribution in [1.29, 1.82) is 0 Å². The summed E-state index contributed by atoms with van der Waals surface area (Å²) in [6.45, 7) is 1.29. The third-order valence-electron chi connectivity index (χ3n) is 6.78. The van der Waals surface area contributed by atoms with E-state index in [1.807, 2.05) is 4.57 Å². The summed E-state index contributed by atoms with van der Waals surface area (Å²) in [6, 6.07) is 12.2. The fourth-order valence-electron chi connectivity index (χ4n) is 4.61. The van der Waals surface area contributed by atoms with E-state index in [2.05, 4.69) is 15.0 Å². The lowest BCUT2D eigenvalue weighted by atomic mass is 10.0. The molecule has 1 saturated heterocycles. The summed E-state index contributed by atoms with van der Waals surface area (Å²) in [4.78, 5) is 25.3. The third kappa shape index (κ3) is 5.79. The molecule has 1 aliphatic rings. The number of pyridine rings is 1. The SMILES string of the molecule is COC(=O)c1ccc2nc(Cc3cc(F)c(-c4cccc(OCc5ncc(Cl)s5)n4)cc3F)n(C[C@@H]3CCO3)c2c1. The summed E-state index contributed by atoms with van der Waals surface area (Å²) < 4.78 is 49.4. The quantitative estimate of drug-likeness (QED) is 0.186. The van der Waals surface area contributed by atoms with Gasteiger partial charge < -0.3 is 18.8 Å². The molecular formula is C29H23ClF2N4O4S. The van der Waals surface area contributed by atoms with Crippen LogP contribution < -0.4 is 4.74 Å². The molecule has 0 radical (unpaired) electrons. The van der Waals surface area contributed by atoms with Crippen LogP contribution in [0.25, 0.3) is 22.3 Å². The maximum absolute atomic E-state index is 15.4. The van der Waals surface area contributed by atoms with E-state index in [0.717, 1.165) is 12.5 Å². The number of carbonyl (C=O) groups excluding carboxylic acids is 1. The number of aromatic nitrogens is 4. The van der Waals surface area contributed by atoms with E-state index < -0.39 is 17.6 Å². The molecule has 0 unspecified atom stereocenters. The third-order valence-corrected chi connectivity index (χ3v) is 7.87. The van der Waals surface area contributed by atoms with Gasteiger partial charge in [-0.15, -0.1) is 11.3 Å². The number of benzene rings is 2. The van der Waals surface area contributed by atoms with Crippen LogP contribution in [0.4, 0.5) is 8.78 Å². The Morgan fingerprint density at radius 3 is 2.76 bits per heavy atom. The molecule has 1 aliphatic heterocycles. The van der Waals surface area contributed by atoms with Gasteiger partial charge in [0.15, 0.2) is 0 Å². The van der Waals surface area contributed by atoms with Crippen LogP contribution in [0.2, 0.25) is 4.34 Å². The molecule has 1 fully saturated rings. The molecule has 6 rings (SSSR count). The van der Waals surface area contributed by atoms with Crippen LogP contribution in [0.1, 0.15) is 33.2 Å². The fraction of sp³-hybridized carbons (Fsp3) is 0.241. The molecule has 4 heterocycles. The average Bonchev–Trinajstić information content (AvgIpc) is 3.52. The predicted octanol–water partition coefficient (Wildman–Crippen LogP) is 6.23. The second kappa shape index (κ2) is 11.5. The first kappa shape index (κ1) is 27.3. The van der Waals surface area contributed by atoms with Crippen molar-refractivity contribution >= 4 is 39.9 Å². The summed E-state index contributed by atoms with van der Waals surface area (Å²) >= 11 is 7.19. The molecule has 210 valence electrons. The molecule has 1 atom stereocenters. The molecule has 0 bridgehead atoms. The second-order valence-corrected chi connectivity index (χ2v) is 11.2. The van der Waals surface area contributed by atoms with Gasteiger partial charge in [0.2, 0.25) is 5.88 Å². The number of hydrogen-bond donors (Lipinski definition) is 0. The molecule has 5 aromatic rings. The van der Waals surface area contributed by atoms with E-state index in [0.29, 0.717) is 44.9 Å². The molecule has 0 amide bonds. The first-order valence-electron chi connectivity index (χ1n) is 12.8. The molecule has 12 heteroatoms. The lowest BCUT2D eigenvalue weighted by Crippen LogP contribution is -2.31. The minimum Gasteiger partial charge on any atom is -0.470 e. The van der Waals surface area contributed by atoms with Crippen LogP contribution >= 0.6 is 22.9 Å². The monoisotopic (exact) mass is 596 g/mol. The van der Waals surface area contributed by atoms with E-state index in [1.54, 1.807) is 36.4 Å². The molecular weight excluding hydrogens is 574 g/mol. The Morgan fingerprint density at radius 1 is 1.17 bits per heavy atom. The van der Waals surface area contributed by atoms with Crippen molar-refractivity contribution in [1.82, 2.24) is 19.5 Å². The van der Waals surface area contributed by atoms with Gasteiger partial charge in [-0.05, 0) is 48.4 Å². The molecule has 3 aromatic heterocycles. The summed E-state index contributed by atoms with van der Waals surface area (Å²) in [5, 5.41) is 0.667. The number of ether oxygens (including phenoxy) is 3. The van der Waals surface area contributed by atoms with Crippen molar-refractivity contribution in [2.45, 2.75) is 32.1 Å². The Balaban J connectivity index is 1.28. The second-order valence-electron chi connectivity index (χ2n) is 9.42. The number of hydrogen-bond acceptors (Lipinski definition) is 8. The van der Waals surface area contributed by atoms with Gasteiger partial charge >= 0.3 is 5.97 Å². The Kier molecular flexibility index (Phi) is 7.65. The Hall–Kier alpha value is -3.93. The van der Waals surface area contributed by atoms with Crippen molar-refractivity contribution < 1.29 is 27.8 Å². The largest absolute Gasteiger partial charge is 0.470 e. The summed E-state index contributed by atoms with van der Waals surface area (Å²) in [7, 11) is 1.32. The van der Waals surface area contributed by atoms with Gasteiger partial charge in [0.25, 0.3) is 0 Å². The Labute approximate surface area is 242 Å². The number of halogens is 3. The molecule has 0 spiro atoms. The summed E-state index contributed by atoms with van der Waals surface area (Å²) in [6.07, 6.45) is 2.42. The van der Waals surface area contributed by atoms with E-state index >= 15 is 8.78 Å². The number of thiazole rings is 1. The molecule has 0 saturated carbocycles. The molecule has 41 heavy (non-hydrogen) atoms. The van der Waals surface area contributed by atoms with Gasteiger partial charge in [0, 0.05) is 24.7 Å². The number of esters is 1. The highest BCUT2D eigenvalue weighted by molar-refractivity contribution is 7.15. The lowest BCUT2D eigenvalue weighted by molar-refractivity contribution is -0.0589. The smallest absolute Gasteiger partial charge is 0.337 e. The molecule has 8 nitrogen and oxygen atoms in total. The standard InChI is InChI=1S/C29H23ClF2N4O4S/c1-38-29(37)16-5-6-23-24(10-16)36(14-18-7-8-39-18)26(34-23)11-17-9-21(32)19(12-20(17)31)22-3-2-4-27(35-22)40-15-28-33-13-25(30)41-28/h2-6,9-10,12-13,18H,7-8,11,14-15H2,1H3/t18-/m0/s1. The first-order chi connectivity index (χ1) is 19.9. The van der Waals surface area contributed by atoms with Crippen LogP contribution in [0.5, 0.6) is 5.88 Å². The molecule has 2 aromatic carbocycles. The van der Waals surface area contributed by atoms with E-state index in [9.17, 15) is 4.79 Å². The number of carbonyl (C=O) groups is 1. The van der Waals surface area contributed by atoms with Gasteiger partial charge in [-0.25, -0.2) is 28.5 Å². The van der Waals surface area contributed by atoms with E-state index in [4.69, 9.17) is 25.8 Å². The maximum Gasteiger partial charge on any atom is 0.337 e. The normalized spacial score (nSPS) is 14.7. The zero-order valence-electron chi connectivity index (χ0n) is 21.8. The maximum atomic E-state index is 15.4. The van der Waals surface area contributed by atoms with Gasteiger partial charge in [-0.3, -0.25) is 0 Å². The zero-order valence-corrected chi connectivity index (χ0v) is 23.3. The topological polar surface area (TPSA) is 88.4 Å². The number of methoxy groups -OCH3 is 1. The van der Waals surface area contributed by atoms with Crippen LogP contribution in [0.15, 0.2) is 54.7 Å². The van der Waals surface area contributed by atoms with Gasteiger partial charge in [0.1, 0.15) is 33.4 Å². The van der Waals surface area contributed by atoms with Crippen LogP contribution in [0, 0.1) is 11.6 Å². The van der Waals surface area contributed by atoms with Crippen molar-refractivity contribution in [3.05, 3.63) is 92.7 Å². The van der Waals surface area contributed by atoms with Crippen molar-refractivity contribution in [3.63, 3.8) is 0 Å². The molecule has 0 N–H and O–H groups in total. The number of nitrogens with zero attached hydrogens (tertiary/aromatic N) is 4. The van der Waals surface area contributed by atoms with Crippen LogP contribution in [0.3, 0.4) is 0 Å². The highest BCUT2D eigenvalue weighted by Crippen LogP contribution is 2.29. The highest BCUT2D eigenvalue weighted by atomic mass is 35.5. The summed E-state index contributed by atoms with van der Waals surface area (Å²) in [5.74, 6) is -0.924. The Bertz CT molecular complexity index is 1750. The van der Waals surface area contributed by atoms with Crippen LogP contribution in [-0.4, -0.2) is 45.3 Å². The number of rotatable bonds is 9. The van der Waals surface area contributed by atoms with E-state index in [1.165, 1.54) is 30.7 Å². The van der Waals surface area contributed by atoms with Gasteiger partial charge in [-0.2, -0.15) is 0 Å².